The van der Waals surface area contributed by atoms with Crippen LogP contribution in [0, 0.1) is 12.3 Å². The number of hydrogen-bond donors (Lipinski definition) is 4. The highest BCUT2D eigenvalue weighted by molar-refractivity contribution is 6.01. The molecular weight excluding hydrogens is 778 g/mol. The normalized spacial score (nSPS) is 18.8. The number of anilines is 3. The SMILES string of the molecule is COc1cc2nc(C)nc(N[C@H](C)c3cc(N)cc(C(F)(F)F)c3)c2cc1OCC1(CN(C)C(=O)CCN2CCC(c3ccc(NC4CCC(=O)NC4=O)cc3)CC2)CC1. The summed E-state index contributed by atoms with van der Waals surface area (Å²) in [4.78, 5) is 50.3. The molecule has 3 aliphatic rings. The molecule has 1 aliphatic carbocycles. The summed E-state index contributed by atoms with van der Waals surface area (Å²) < 4.78 is 52.8. The maximum atomic E-state index is 13.6. The molecule has 2 saturated heterocycles. The molecule has 3 aromatic carbocycles. The van der Waals surface area contributed by atoms with Crippen LogP contribution >= 0.6 is 0 Å². The van der Waals surface area contributed by atoms with Crippen molar-refractivity contribution in [3.8, 4) is 11.5 Å². The zero-order chi connectivity index (χ0) is 42.8. The molecule has 60 heavy (non-hydrogen) atoms. The van der Waals surface area contributed by atoms with Gasteiger partial charge in [-0.3, -0.25) is 19.7 Å². The number of hydrogen-bond acceptors (Lipinski definition) is 11. The van der Waals surface area contributed by atoms with Crippen molar-refractivity contribution in [2.24, 2.45) is 5.41 Å². The second kappa shape index (κ2) is 17.5. The monoisotopic (exact) mass is 830 g/mol. The lowest BCUT2D eigenvalue weighted by Crippen LogP contribution is -2.47. The van der Waals surface area contributed by atoms with Gasteiger partial charge in [0.1, 0.15) is 17.7 Å². The van der Waals surface area contributed by atoms with Crippen molar-refractivity contribution in [1.29, 1.82) is 0 Å². The number of nitrogens with one attached hydrogen (secondary N) is 3. The maximum absolute atomic E-state index is 13.6. The molecule has 1 aromatic heterocycles. The molecule has 3 fully saturated rings. The third kappa shape index (κ3) is 10.2. The third-order valence-electron chi connectivity index (χ3n) is 11.9. The van der Waals surface area contributed by atoms with Gasteiger partial charge in [0.25, 0.3) is 0 Å². The molecule has 1 saturated carbocycles. The number of alkyl halides is 3. The van der Waals surface area contributed by atoms with Crippen LogP contribution in [0.2, 0.25) is 0 Å². The Bertz CT molecular complexity index is 2220. The maximum Gasteiger partial charge on any atom is 0.416 e. The molecule has 2 atom stereocenters. The number of fused-ring (bicyclic) bond motifs is 1. The molecule has 2 aliphatic heterocycles. The summed E-state index contributed by atoms with van der Waals surface area (Å²) in [5, 5.41) is 9.49. The molecule has 16 heteroatoms. The van der Waals surface area contributed by atoms with Crippen LogP contribution in [0.15, 0.2) is 54.6 Å². The molecule has 320 valence electrons. The molecule has 7 rings (SSSR count). The molecule has 0 spiro atoms. The molecule has 13 nitrogen and oxygen atoms in total. The first-order valence-electron chi connectivity index (χ1n) is 20.5. The zero-order valence-corrected chi connectivity index (χ0v) is 34.5. The Kier molecular flexibility index (Phi) is 12.4. The average Bonchev–Trinajstić information content (AvgIpc) is 3.98. The number of carbonyl (C=O) groups excluding carboxylic acids is 3. The van der Waals surface area contributed by atoms with Crippen molar-refractivity contribution in [2.45, 2.75) is 83.0 Å². The lowest BCUT2D eigenvalue weighted by atomic mass is 9.89. The van der Waals surface area contributed by atoms with Gasteiger partial charge >= 0.3 is 6.18 Å². The lowest BCUT2D eigenvalue weighted by molar-refractivity contribution is -0.137. The Morgan fingerprint density at radius 3 is 2.45 bits per heavy atom. The van der Waals surface area contributed by atoms with Crippen molar-refractivity contribution < 1.29 is 37.0 Å². The molecule has 0 radical (unpaired) electrons. The van der Waals surface area contributed by atoms with Gasteiger partial charge in [0.15, 0.2) is 11.5 Å². The number of nitrogens with zero attached hydrogens (tertiary/aromatic N) is 4. The van der Waals surface area contributed by atoms with Crippen LogP contribution in [0.5, 0.6) is 11.5 Å². The van der Waals surface area contributed by atoms with E-state index in [0.717, 1.165) is 56.6 Å². The van der Waals surface area contributed by atoms with E-state index < -0.39 is 23.8 Å². The average molecular weight is 831 g/mol. The molecule has 4 aromatic rings. The fourth-order valence-corrected chi connectivity index (χ4v) is 8.18. The molecule has 0 bridgehead atoms. The Labute approximate surface area is 347 Å². The topological polar surface area (TPSA) is 164 Å². The number of aromatic nitrogens is 2. The van der Waals surface area contributed by atoms with E-state index in [-0.39, 0.29) is 28.8 Å². The van der Waals surface area contributed by atoms with Crippen molar-refractivity contribution in [3.63, 3.8) is 0 Å². The van der Waals surface area contributed by atoms with E-state index in [1.165, 1.54) is 11.6 Å². The first kappa shape index (κ1) is 42.5. The smallest absolute Gasteiger partial charge is 0.416 e. The fraction of sp³-hybridized carbons (Fsp3) is 0.477. The fourth-order valence-electron chi connectivity index (χ4n) is 8.18. The zero-order valence-electron chi connectivity index (χ0n) is 34.5. The number of benzene rings is 3. The largest absolute Gasteiger partial charge is 0.493 e. The van der Waals surface area contributed by atoms with Crippen LogP contribution in [0.3, 0.4) is 0 Å². The summed E-state index contributed by atoms with van der Waals surface area (Å²) in [5.74, 6) is 1.84. The predicted octanol–water partition coefficient (Wildman–Crippen LogP) is 6.83. The number of nitrogens with two attached hydrogens (primary N) is 1. The highest BCUT2D eigenvalue weighted by Crippen LogP contribution is 2.47. The Morgan fingerprint density at radius 1 is 1.05 bits per heavy atom. The van der Waals surface area contributed by atoms with Crippen molar-refractivity contribution in [3.05, 3.63) is 77.1 Å². The first-order valence-corrected chi connectivity index (χ1v) is 20.5. The van der Waals surface area contributed by atoms with Crippen LogP contribution in [-0.4, -0.2) is 90.5 Å². The number of amides is 3. The van der Waals surface area contributed by atoms with E-state index in [1.54, 1.807) is 33.1 Å². The van der Waals surface area contributed by atoms with Crippen molar-refractivity contribution >= 4 is 45.8 Å². The summed E-state index contributed by atoms with van der Waals surface area (Å²) >= 11 is 0. The number of rotatable bonds is 15. The minimum absolute atomic E-state index is 0.0134. The van der Waals surface area contributed by atoms with Crippen LogP contribution in [0.25, 0.3) is 10.9 Å². The van der Waals surface area contributed by atoms with E-state index in [4.69, 9.17) is 15.2 Å². The van der Waals surface area contributed by atoms with Gasteiger partial charge in [-0.1, -0.05) is 12.1 Å². The quantitative estimate of drug-likeness (QED) is 0.0734. The summed E-state index contributed by atoms with van der Waals surface area (Å²) in [7, 11) is 3.40. The summed E-state index contributed by atoms with van der Waals surface area (Å²) in [6.45, 7) is 6.91. The predicted molar refractivity (Wildman–Crippen MR) is 223 cm³/mol. The second-order valence-corrected chi connectivity index (χ2v) is 16.6. The minimum Gasteiger partial charge on any atom is -0.493 e. The number of piperidine rings is 2. The molecular formula is C44H53F3N8O5. The molecule has 3 amide bonds. The van der Waals surface area contributed by atoms with Gasteiger partial charge in [0.05, 0.1) is 30.8 Å². The highest BCUT2D eigenvalue weighted by atomic mass is 19.4. The van der Waals surface area contributed by atoms with Crippen LogP contribution < -0.4 is 31.2 Å². The van der Waals surface area contributed by atoms with Gasteiger partial charge in [-0.15, -0.1) is 0 Å². The number of imide groups is 1. The Hall–Kier alpha value is -5.64. The Morgan fingerprint density at radius 2 is 1.78 bits per heavy atom. The molecule has 1 unspecified atom stereocenters. The van der Waals surface area contributed by atoms with Gasteiger partial charge in [-0.2, -0.15) is 13.2 Å². The van der Waals surface area contributed by atoms with Gasteiger partial charge in [0, 0.05) is 61.2 Å². The van der Waals surface area contributed by atoms with E-state index in [2.05, 4.69) is 43.0 Å². The van der Waals surface area contributed by atoms with Gasteiger partial charge < -0.3 is 35.6 Å². The number of carbonyl (C=O) groups is 3. The number of aryl methyl sites for hydroxylation is 1. The van der Waals surface area contributed by atoms with Gasteiger partial charge in [-0.05, 0) is 112 Å². The molecule has 3 heterocycles. The van der Waals surface area contributed by atoms with Crippen molar-refractivity contribution in [2.75, 3.05) is 63.3 Å². The second-order valence-electron chi connectivity index (χ2n) is 16.6. The van der Waals surface area contributed by atoms with Crippen LogP contribution in [0.1, 0.15) is 86.3 Å². The summed E-state index contributed by atoms with van der Waals surface area (Å²) in [6.07, 6.45) is 0.519. The number of methoxy groups -OCH3 is 1. The standard InChI is InChI=1S/C44H53F3N8O5/c1-26(30-19-31(44(45,46)47)21-32(48)20-30)49-41-34-22-38(37(59-4)23-36(34)50-27(2)51-41)60-25-43(14-15-43)24-54(3)40(57)13-18-55-16-11-29(12-17-55)28-5-7-33(8-6-28)52-35-9-10-39(56)53-42(35)58/h5-8,19-23,26,29,35,52H,9-18,24-25,48H2,1-4H3,(H,49,50,51)(H,53,56,58)/t26-,35?/m1/s1. The first-order chi connectivity index (χ1) is 28.6. The minimum atomic E-state index is -4.54. The van der Waals surface area contributed by atoms with E-state index in [1.807, 2.05) is 24.1 Å². The van der Waals surface area contributed by atoms with E-state index in [9.17, 15) is 27.6 Å². The van der Waals surface area contributed by atoms with Gasteiger partial charge in [-0.25, -0.2) is 9.97 Å². The third-order valence-corrected chi connectivity index (χ3v) is 11.9. The number of nitrogen functional groups attached to an aromatic ring is 1. The summed E-state index contributed by atoms with van der Waals surface area (Å²) in [5.41, 5.74) is 7.89. The van der Waals surface area contributed by atoms with Crippen LogP contribution in [0.4, 0.5) is 30.4 Å². The lowest BCUT2D eigenvalue weighted by Gasteiger charge is -2.32. The number of ether oxygens (including phenoxy) is 2. The number of halogens is 3. The highest BCUT2D eigenvalue weighted by Gasteiger charge is 2.45. The number of likely N-dealkylation sites (tertiary alicyclic amines) is 1. The Balaban J connectivity index is 0.905. The van der Waals surface area contributed by atoms with Crippen LogP contribution in [-0.2, 0) is 20.6 Å². The van der Waals surface area contributed by atoms with Crippen molar-refractivity contribution in [1.82, 2.24) is 25.1 Å². The van der Waals surface area contributed by atoms with E-state index >= 15 is 0 Å². The molecule has 5 N–H and O–H groups in total. The van der Waals surface area contributed by atoms with Gasteiger partial charge in [0.2, 0.25) is 17.7 Å². The van der Waals surface area contributed by atoms with E-state index in [0.29, 0.717) is 84.5 Å². The summed E-state index contributed by atoms with van der Waals surface area (Å²) in [6, 6.07) is 14.3.